The molecule has 1 fully saturated rings. The zero-order valence-corrected chi connectivity index (χ0v) is 10.7. The van der Waals surface area contributed by atoms with Crippen LogP contribution in [0.4, 0.5) is 11.7 Å². The van der Waals surface area contributed by atoms with Gasteiger partial charge in [-0.1, -0.05) is 18.9 Å². The number of para-hydroxylation sites is 1. The van der Waals surface area contributed by atoms with Gasteiger partial charge >= 0.3 is 0 Å². The first-order valence-electron chi connectivity index (χ1n) is 6.67. The molecule has 2 heterocycles. The Hall–Kier alpha value is -1.71. The van der Waals surface area contributed by atoms with E-state index in [-0.39, 0.29) is 0 Å². The van der Waals surface area contributed by atoms with Crippen LogP contribution in [-0.4, -0.2) is 17.6 Å². The van der Waals surface area contributed by atoms with E-state index in [1.807, 2.05) is 18.2 Å². The van der Waals surface area contributed by atoms with E-state index in [9.17, 15) is 0 Å². The van der Waals surface area contributed by atoms with Crippen molar-refractivity contribution in [3.05, 3.63) is 18.2 Å². The molecule has 96 valence electrons. The summed E-state index contributed by atoms with van der Waals surface area (Å²) in [6, 6.07) is 6.89. The second kappa shape index (κ2) is 4.52. The maximum atomic E-state index is 5.92. The van der Waals surface area contributed by atoms with Crippen LogP contribution in [-0.2, 0) is 0 Å². The van der Waals surface area contributed by atoms with Crippen LogP contribution in [0.1, 0.15) is 32.6 Å². The lowest BCUT2D eigenvalue weighted by Gasteiger charge is -2.24. The van der Waals surface area contributed by atoms with Crippen molar-refractivity contribution >= 4 is 22.8 Å². The summed E-state index contributed by atoms with van der Waals surface area (Å²) in [5.41, 5.74) is 8.17. The van der Waals surface area contributed by atoms with Gasteiger partial charge in [-0.25, -0.2) is 0 Å². The lowest BCUT2D eigenvalue weighted by molar-refractivity contribution is 0.523. The molecule has 0 spiro atoms. The maximum absolute atomic E-state index is 5.92. The van der Waals surface area contributed by atoms with E-state index in [1.165, 1.54) is 25.7 Å². The van der Waals surface area contributed by atoms with Crippen LogP contribution in [0.5, 0.6) is 0 Å². The minimum Gasteiger partial charge on any atom is -0.423 e. The summed E-state index contributed by atoms with van der Waals surface area (Å²) in [6.45, 7) is 3.26. The third kappa shape index (κ3) is 1.92. The number of anilines is 2. The van der Waals surface area contributed by atoms with Crippen molar-refractivity contribution in [3.8, 4) is 0 Å². The lowest BCUT2D eigenvalue weighted by atomic mass is 10.1. The van der Waals surface area contributed by atoms with Crippen molar-refractivity contribution in [1.82, 2.24) is 4.98 Å². The van der Waals surface area contributed by atoms with E-state index in [1.54, 1.807) is 0 Å². The SMILES string of the molecule is CC1CCCCCN1c1nc2c(N)cccc2o1. The Morgan fingerprint density at radius 3 is 3.06 bits per heavy atom. The van der Waals surface area contributed by atoms with Gasteiger partial charge in [0.25, 0.3) is 6.01 Å². The number of benzene rings is 1. The molecule has 0 bridgehead atoms. The van der Waals surface area contributed by atoms with Gasteiger partial charge in [0.2, 0.25) is 0 Å². The molecule has 0 radical (unpaired) electrons. The molecule has 0 aliphatic carbocycles. The highest BCUT2D eigenvalue weighted by Gasteiger charge is 2.22. The van der Waals surface area contributed by atoms with Crippen molar-refractivity contribution < 1.29 is 4.42 Å². The minimum absolute atomic E-state index is 0.488. The zero-order chi connectivity index (χ0) is 12.5. The second-order valence-electron chi connectivity index (χ2n) is 5.08. The van der Waals surface area contributed by atoms with Crippen LogP contribution in [0.15, 0.2) is 22.6 Å². The molecule has 4 heteroatoms. The predicted molar refractivity (Wildman–Crippen MR) is 73.7 cm³/mol. The Bertz CT molecular complexity index is 549. The number of oxazole rings is 1. The Labute approximate surface area is 107 Å². The smallest absolute Gasteiger partial charge is 0.298 e. The van der Waals surface area contributed by atoms with Gasteiger partial charge in [-0.15, -0.1) is 0 Å². The van der Waals surface area contributed by atoms with Gasteiger partial charge in [-0.3, -0.25) is 0 Å². The van der Waals surface area contributed by atoms with E-state index in [2.05, 4.69) is 16.8 Å². The Morgan fingerprint density at radius 1 is 1.33 bits per heavy atom. The third-order valence-corrected chi connectivity index (χ3v) is 3.74. The molecule has 1 atom stereocenters. The molecule has 2 N–H and O–H groups in total. The van der Waals surface area contributed by atoms with Crippen LogP contribution >= 0.6 is 0 Å². The van der Waals surface area contributed by atoms with Gasteiger partial charge in [0.15, 0.2) is 5.58 Å². The van der Waals surface area contributed by atoms with Crippen molar-refractivity contribution in [2.75, 3.05) is 17.2 Å². The van der Waals surface area contributed by atoms with E-state index in [0.717, 1.165) is 23.7 Å². The average molecular weight is 245 g/mol. The van der Waals surface area contributed by atoms with Gasteiger partial charge in [-0.2, -0.15) is 4.98 Å². The zero-order valence-electron chi connectivity index (χ0n) is 10.7. The lowest BCUT2D eigenvalue weighted by Crippen LogP contribution is -2.32. The third-order valence-electron chi connectivity index (χ3n) is 3.74. The van der Waals surface area contributed by atoms with Crippen LogP contribution in [0.2, 0.25) is 0 Å². The fourth-order valence-corrected chi connectivity index (χ4v) is 2.64. The number of hydrogen-bond acceptors (Lipinski definition) is 4. The first-order chi connectivity index (χ1) is 8.75. The molecule has 1 aliphatic rings. The minimum atomic E-state index is 0.488. The van der Waals surface area contributed by atoms with Gasteiger partial charge in [0.1, 0.15) is 5.52 Å². The van der Waals surface area contributed by atoms with Crippen LogP contribution in [0, 0.1) is 0 Å². The first kappa shape index (κ1) is 11.4. The Morgan fingerprint density at radius 2 is 2.22 bits per heavy atom. The summed E-state index contributed by atoms with van der Waals surface area (Å²) in [5.74, 6) is 0. The largest absolute Gasteiger partial charge is 0.423 e. The fraction of sp³-hybridized carbons (Fsp3) is 0.500. The highest BCUT2D eigenvalue weighted by atomic mass is 16.4. The standard InChI is InChI=1S/C14H19N3O/c1-10-6-3-2-4-9-17(10)14-16-13-11(15)7-5-8-12(13)18-14/h5,7-8,10H,2-4,6,9,15H2,1H3. The molecule has 1 aliphatic heterocycles. The molecule has 1 unspecified atom stereocenters. The number of aromatic nitrogens is 1. The van der Waals surface area contributed by atoms with Crippen LogP contribution in [0.25, 0.3) is 11.1 Å². The topological polar surface area (TPSA) is 55.3 Å². The van der Waals surface area contributed by atoms with Gasteiger partial charge in [0.05, 0.1) is 5.69 Å². The quantitative estimate of drug-likeness (QED) is 0.784. The summed E-state index contributed by atoms with van der Waals surface area (Å²) in [4.78, 5) is 6.83. The van der Waals surface area contributed by atoms with E-state index >= 15 is 0 Å². The van der Waals surface area contributed by atoms with E-state index < -0.39 is 0 Å². The van der Waals surface area contributed by atoms with Gasteiger partial charge in [-0.05, 0) is 31.9 Å². The molecule has 4 nitrogen and oxygen atoms in total. The molecule has 1 aromatic heterocycles. The van der Waals surface area contributed by atoms with Crippen molar-refractivity contribution in [3.63, 3.8) is 0 Å². The molecule has 1 aromatic carbocycles. The maximum Gasteiger partial charge on any atom is 0.298 e. The van der Waals surface area contributed by atoms with Crippen molar-refractivity contribution in [2.24, 2.45) is 0 Å². The number of nitrogen functional groups attached to an aromatic ring is 1. The number of hydrogen-bond donors (Lipinski definition) is 1. The van der Waals surface area contributed by atoms with E-state index in [0.29, 0.717) is 11.7 Å². The first-order valence-corrected chi connectivity index (χ1v) is 6.67. The summed E-state index contributed by atoms with van der Waals surface area (Å²) in [5, 5.41) is 0. The van der Waals surface area contributed by atoms with Crippen LogP contribution < -0.4 is 10.6 Å². The molecule has 18 heavy (non-hydrogen) atoms. The molecule has 1 saturated heterocycles. The molecule has 0 saturated carbocycles. The van der Waals surface area contributed by atoms with E-state index in [4.69, 9.17) is 10.2 Å². The monoisotopic (exact) mass is 245 g/mol. The molecular formula is C14H19N3O. The van der Waals surface area contributed by atoms with Crippen molar-refractivity contribution in [2.45, 2.75) is 38.6 Å². The molecule has 3 rings (SSSR count). The number of nitrogens with zero attached hydrogens (tertiary/aromatic N) is 2. The molecule has 2 aromatic rings. The van der Waals surface area contributed by atoms with Gasteiger partial charge < -0.3 is 15.1 Å². The summed E-state index contributed by atoms with van der Waals surface area (Å²) >= 11 is 0. The highest BCUT2D eigenvalue weighted by Crippen LogP contribution is 2.29. The normalized spacial score (nSPS) is 21.2. The number of fused-ring (bicyclic) bond motifs is 1. The summed E-state index contributed by atoms with van der Waals surface area (Å²) < 4.78 is 5.85. The van der Waals surface area contributed by atoms with Crippen molar-refractivity contribution in [1.29, 1.82) is 0 Å². The predicted octanol–water partition coefficient (Wildman–Crippen LogP) is 3.18. The number of nitrogens with two attached hydrogens (primary N) is 1. The summed E-state index contributed by atoms with van der Waals surface area (Å²) in [6.07, 6.45) is 5.00. The second-order valence-corrected chi connectivity index (χ2v) is 5.08. The van der Waals surface area contributed by atoms with Crippen LogP contribution in [0.3, 0.4) is 0 Å². The number of rotatable bonds is 1. The Balaban J connectivity index is 2.00. The summed E-state index contributed by atoms with van der Waals surface area (Å²) in [7, 11) is 0. The molecular weight excluding hydrogens is 226 g/mol. The fourth-order valence-electron chi connectivity index (χ4n) is 2.64. The average Bonchev–Trinajstić information content (AvgIpc) is 2.67. The highest BCUT2D eigenvalue weighted by molar-refractivity contribution is 5.86. The van der Waals surface area contributed by atoms with Gasteiger partial charge in [0, 0.05) is 12.6 Å². The Kier molecular flexibility index (Phi) is 2.86. The molecule has 0 amide bonds.